The van der Waals surface area contributed by atoms with Crippen molar-refractivity contribution in [1.82, 2.24) is 0 Å². The van der Waals surface area contributed by atoms with Crippen LogP contribution in [0.3, 0.4) is 0 Å². The SMILES string of the molecule is CC(C)(C)c1[c-]c2c(cc1)-c1ccc(C(C)(C)C)cc1C2.C[C](C)=[Zr+2].[C-]1=CC=CC1.[Cl-].[Cl-]. The molecule has 32 heavy (non-hydrogen) atoms. The maximum Gasteiger partial charge on any atom is -0.109 e. The van der Waals surface area contributed by atoms with Gasteiger partial charge < -0.3 is 24.8 Å². The number of fused-ring (bicyclic) bond motifs is 3. The van der Waals surface area contributed by atoms with Crippen LogP contribution in [0.2, 0.25) is 0 Å². The van der Waals surface area contributed by atoms with Crippen LogP contribution in [-0.2, 0) is 41.5 Å². The van der Waals surface area contributed by atoms with E-state index in [2.05, 4.69) is 104 Å². The zero-order chi connectivity index (χ0) is 22.5. The fourth-order valence-corrected chi connectivity index (χ4v) is 3.37. The second-order valence-corrected chi connectivity index (χ2v) is 12.8. The van der Waals surface area contributed by atoms with Gasteiger partial charge in [-0.2, -0.15) is 29.8 Å². The van der Waals surface area contributed by atoms with Crippen LogP contribution in [0.15, 0.2) is 48.6 Å². The van der Waals surface area contributed by atoms with E-state index in [4.69, 9.17) is 0 Å². The molecule has 0 heterocycles. The Hall–Kier alpha value is -0.747. The molecule has 0 saturated heterocycles. The molecule has 4 rings (SSSR count). The molecule has 0 aliphatic heterocycles. The molecule has 0 amide bonds. The summed E-state index contributed by atoms with van der Waals surface area (Å²) in [5.41, 5.74) is 8.70. The van der Waals surface area contributed by atoms with Crippen LogP contribution < -0.4 is 24.8 Å². The van der Waals surface area contributed by atoms with Gasteiger partial charge in [0.2, 0.25) is 0 Å². The Kier molecular flexibility index (Phi) is 12.9. The standard InChI is InChI=1S/C21H25.C5H5.C3H6.2ClH.Zr/c1-20(2,3)16-7-9-18-14(12-16)11-15-13-17(21(4,5)6)8-10-19(15)18;1-2-4-5-3-1;1-3-2;;;/h7-10,12H,11H2,1-6H3;1-3H,4H2;1-2H3;2*1H;/q2*-1;;;;+2/p-2. The quantitative estimate of drug-likeness (QED) is 0.377. The molecular weight excluding hydrogens is 510 g/mol. The first kappa shape index (κ1) is 31.3. The topological polar surface area (TPSA) is 0 Å². The van der Waals surface area contributed by atoms with E-state index in [0.29, 0.717) is 0 Å². The Morgan fingerprint density at radius 2 is 1.47 bits per heavy atom. The second-order valence-electron chi connectivity index (χ2n) is 10.3. The van der Waals surface area contributed by atoms with E-state index in [1.807, 2.05) is 12.2 Å². The van der Waals surface area contributed by atoms with E-state index < -0.39 is 0 Å². The number of benzene rings is 2. The third kappa shape index (κ3) is 9.25. The molecule has 2 aliphatic rings. The number of halogens is 2. The first-order valence-corrected chi connectivity index (χ1v) is 12.1. The fourth-order valence-electron chi connectivity index (χ4n) is 3.37. The predicted molar refractivity (Wildman–Crippen MR) is 129 cm³/mol. The van der Waals surface area contributed by atoms with Crippen LogP contribution >= 0.6 is 0 Å². The van der Waals surface area contributed by atoms with E-state index in [9.17, 15) is 0 Å². The van der Waals surface area contributed by atoms with E-state index in [0.717, 1.165) is 12.8 Å². The molecule has 172 valence electrons. The molecule has 2 aromatic carbocycles. The van der Waals surface area contributed by atoms with Crippen molar-refractivity contribution in [2.45, 2.75) is 79.1 Å². The minimum Gasteiger partial charge on any atom is -1.00 e. The monoisotopic (exact) mass is 544 g/mol. The van der Waals surface area contributed by atoms with Crippen LogP contribution in [0.4, 0.5) is 0 Å². The van der Waals surface area contributed by atoms with Gasteiger partial charge in [-0.1, -0.05) is 65.3 Å². The maximum atomic E-state index is 3.67. The minimum absolute atomic E-state index is 0. The summed E-state index contributed by atoms with van der Waals surface area (Å²) in [5.74, 6) is 0. The first-order valence-electron chi connectivity index (χ1n) is 10.8. The van der Waals surface area contributed by atoms with Crippen LogP contribution in [0.1, 0.15) is 84.1 Å². The molecule has 0 aromatic heterocycles. The van der Waals surface area contributed by atoms with Crippen molar-refractivity contribution in [3.8, 4) is 11.1 Å². The molecular formula is C29H36Cl2Zr-2. The third-order valence-corrected chi connectivity index (χ3v) is 5.05. The molecule has 2 aliphatic carbocycles. The molecule has 0 atom stereocenters. The molecule has 0 radical (unpaired) electrons. The fraction of sp³-hybridized carbons (Fsp3) is 0.414. The van der Waals surface area contributed by atoms with Gasteiger partial charge >= 0.3 is 41.3 Å². The van der Waals surface area contributed by atoms with E-state index >= 15 is 0 Å². The average molecular weight is 547 g/mol. The van der Waals surface area contributed by atoms with Crippen LogP contribution in [0.5, 0.6) is 0 Å². The summed E-state index contributed by atoms with van der Waals surface area (Å²) in [6, 6.07) is 15.2. The molecule has 0 spiro atoms. The molecule has 0 nitrogen and oxygen atoms in total. The summed E-state index contributed by atoms with van der Waals surface area (Å²) in [7, 11) is 0. The van der Waals surface area contributed by atoms with Gasteiger partial charge in [0, 0.05) is 0 Å². The van der Waals surface area contributed by atoms with Crippen LogP contribution in [-0.4, -0.2) is 3.21 Å². The van der Waals surface area contributed by atoms with Crippen molar-refractivity contribution < 1.29 is 49.0 Å². The molecule has 0 N–H and O–H groups in total. The Labute approximate surface area is 224 Å². The molecule has 0 fully saturated rings. The van der Waals surface area contributed by atoms with Crippen molar-refractivity contribution in [2.75, 3.05) is 0 Å². The van der Waals surface area contributed by atoms with Crippen molar-refractivity contribution >= 4 is 3.21 Å². The number of hydrogen-bond donors (Lipinski definition) is 0. The number of hydrogen-bond acceptors (Lipinski definition) is 0. The summed E-state index contributed by atoms with van der Waals surface area (Å²) < 4.78 is 1.51. The Morgan fingerprint density at radius 1 is 0.875 bits per heavy atom. The Bertz CT molecular complexity index is 879. The summed E-state index contributed by atoms with van der Waals surface area (Å²) in [4.78, 5) is 0. The average Bonchev–Trinajstić information content (AvgIpc) is 3.30. The van der Waals surface area contributed by atoms with Crippen molar-refractivity contribution in [2.24, 2.45) is 0 Å². The third-order valence-electron chi connectivity index (χ3n) is 5.05. The van der Waals surface area contributed by atoms with Gasteiger partial charge in [-0.05, 0) is 28.4 Å². The molecule has 0 bridgehead atoms. The van der Waals surface area contributed by atoms with Gasteiger partial charge in [0.25, 0.3) is 0 Å². The van der Waals surface area contributed by atoms with Crippen LogP contribution in [0.25, 0.3) is 11.1 Å². The van der Waals surface area contributed by atoms with Gasteiger partial charge in [0.1, 0.15) is 0 Å². The van der Waals surface area contributed by atoms with Gasteiger partial charge in [0.15, 0.2) is 0 Å². The predicted octanol–water partition coefficient (Wildman–Crippen LogP) is 1.71. The van der Waals surface area contributed by atoms with Crippen molar-refractivity contribution in [3.05, 3.63) is 83.0 Å². The number of rotatable bonds is 0. The molecule has 3 heteroatoms. The zero-order valence-corrected chi connectivity index (χ0v) is 24.8. The number of allylic oxidation sites excluding steroid dienone is 4. The summed E-state index contributed by atoms with van der Waals surface area (Å²) in [6.45, 7) is 17.8. The van der Waals surface area contributed by atoms with Gasteiger partial charge in [-0.15, -0.1) is 17.5 Å². The summed E-state index contributed by atoms with van der Waals surface area (Å²) >= 11 is 1.55. The van der Waals surface area contributed by atoms with Crippen LogP contribution in [0, 0.1) is 12.1 Å². The van der Waals surface area contributed by atoms with Crippen molar-refractivity contribution in [3.63, 3.8) is 0 Å². The smallest absolute Gasteiger partial charge is 0.109 e. The Balaban J connectivity index is 0.000000739. The minimum atomic E-state index is 0. The molecule has 0 unspecified atom stereocenters. The van der Waals surface area contributed by atoms with Gasteiger partial charge in [-0.3, -0.25) is 6.08 Å². The normalized spacial score (nSPS) is 12.8. The molecule has 0 saturated carbocycles. The first-order chi connectivity index (χ1) is 13.9. The van der Waals surface area contributed by atoms with Gasteiger partial charge in [-0.25, -0.2) is 12.2 Å². The van der Waals surface area contributed by atoms with E-state index in [1.54, 1.807) is 24.2 Å². The maximum absolute atomic E-state index is 3.67. The summed E-state index contributed by atoms with van der Waals surface area (Å²) in [6.07, 6.45) is 11.0. The van der Waals surface area contributed by atoms with Crippen molar-refractivity contribution in [1.29, 1.82) is 0 Å². The molecule has 2 aromatic rings. The zero-order valence-electron chi connectivity index (χ0n) is 20.8. The largest absolute Gasteiger partial charge is 1.00 e. The van der Waals surface area contributed by atoms with E-state index in [1.165, 1.54) is 36.6 Å². The Morgan fingerprint density at radius 3 is 1.91 bits per heavy atom. The second kappa shape index (κ2) is 13.2. The van der Waals surface area contributed by atoms with E-state index in [-0.39, 0.29) is 35.6 Å². The van der Waals surface area contributed by atoms with Gasteiger partial charge in [0.05, 0.1) is 0 Å². The summed E-state index contributed by atoms with van der Waals surface area (Å²) in [5, 5.41) is 0.